The quantitative estimate of drug-likeness (QED) is 0.589. The van der Waals surface area contributed by atoms with E-state index >= 15 is 0 Å². The van der Waals surface area contributed by atoms with E-state index in [2.05, 4.69) is 50.0 Å². The van der Waals surface area contributed by atoms with Crippen molar-refractivity contribution < 1.29 is 14.3 Å². The summed E-state index contributed by atoms with van der Waals surface area (Å²) in [5.41, 5.74) is 4.37. The van der Waals surface area contributed by atoms with Crippen LogP contribution in [0.15, 0.2) is 59.6 Å². The molecule has 2 aromatic carbocycles. The second-order valence-corrected chi connectivity index (χ2v) is 8.40. The van der Waals surface area contributed by atoms with Crippen molar-refractivity contribution in [1.82, 2.24) is 4.90 Å². The van der Waals surface area contributed by atoms with Crippen LogP contribution in [0.25, 0.3) is 5.70 Å². The fourth-order valence-corrected chi connectivity index (χ4v) is 3.30. The number of benzene rings is 2. The Morgan fingerprint density at radius 2 is 1.74 bits per heavy atom. The molecule has 2 aromatic rings. The Kier molecular flexibility index (Phi) is 7.50. The van der Waals surface area contributed by atoms with Gasteiger partial charge >= 0.3 is 0 Å². The van der Waals surface area contributed by atoms with Crippen LogP contribution in [0.3, 0.4) is 0 Å². The molecule has 0 saturated carbocycles. The summed E-state index contributed by atoms with van der Waals surface area (Å²) in [7, 11) is 0. The molecule has 5 heteroatoms. The van der Waals surface area contributed by atoms with Gasteiger partial charge in [-0.25, -0.2) is 4.99 Å². The predicted octanol–water partition coefficient (Wildman–Crippen LogP) is 5.20. The molecule has 0 bridgehead atoms. The number of carbonyl (C=O) groups excluding carboxylic acids is 1. The molecular weight excluding hydrogens is 388 g/mol. The van der Waals surface area contributed by atoms with Crippen molar-refractivity contribution in [3.05, 3.63) is 71.3 Å². The van der Waals surface area contributed by atoms with E-state index in [0.717, 1.165) is 11.3 Å². The maximum Gasteiger partial charge on any atom is 0.261 e. The summed E-state index contributed by atoms with van der Waals surface area (Å²) in [5, 5.41) is 0. The average Bonchev–Trinajstić information content (AvgIpc) is 2.76. The summed E-state index contributed by atoms with van der Waals surface area (Å²) in [6.07, 6.45) is 1.96. The number of ether oxygens (including phenoxy) is 2. The molecule has 0 N–H and O–H groups in total. The van der Waals surface area contributed by atoms with Crippen LogP contribution in [-0.2, 0) is 9.53 Å². The molecule has 1 aliphatic heterocycles. The van der Waals surface area contributed by atoms with Crippen molar-refractivity contribution in [2.45, 2.75) is 46.6 Å². The smallest absolute Gasteiger partial charge is 0.261 e. The minimum absolute atomic E-state index is 0.000511. The van der Waals surface area contributed by atoms with Gasteiger partial charge in [0.25, 0.3) is 5.91 Å². The molecule has 3 rings (SSSR count). The van der Waals surface area contributed by atoms with Crippen LogP contribution in [0.4, 0.5) is 0 Å². The number of nitrogens with zero attached hydrogens (tertiary/aromatic N) is 2. The first kappa shape index (κ1) is 22.6. The second kappa shape index (κ2) is 10.3. The number of aryl methyl sites for hydroxylation is 1. The lowest BCUT2D eigenvalue weighted by Gasteiger charge is -2.28. The van der Waals surface area contributed by atoms with Crippen molar-refractivity contribution in [3.8, 4) is 5.75 Å². The van der Waals surface area contributed by atoms with Crippen molar-refractivity contribution >= 4 is 17.5 Å². The van der Waals surface area contributed by atoms with E-state index in [1.807, 2.05) is 44.2 Å². The van der Waals surface area contributed by atoms with Crippen molar-refractivity contribution in [2.75, 3.05) is 19.8 Å². The molecule has 1 heterocycles. The van der Waals surface area contributed by atoms with Gasteiger partial charge in [0, 0.05) is 11.6 Å². The molecule has 0 aliphatic carbocycles. The molecule has 5 nitrogen and oxygen atoms in total. The maximum absolute atomic E-state index is 12.9. The van der Waals surface area contributed by atoms with Crippen LogP contribution in [-0.4, -0.2) is 42.5 Å². The lowest BCUT2D eigenvalue weighted by atomic mass is 10.0. The molecule has 0 fully saturated rings. The van der Waals surface area contributed by atoms with Crippen LogP contribution in [0.2, 0.25) is 0 Å². The summed E-state index contributed by atoms with van der Waals surface area (Å²) < 4.78 is 11.5. The molecular formula is C26H32N2O3. The van der Waals surface area contributed by atoms with Gasteiger partial charge in [-0.2, -0.15) is 0 Å². The standard InChI is InChI=1S/C26H32N2O3/c1-18(2)21-10-12-23(13-11-21)31-17-26(29)28(19(3)4)16-25-27-24(14-15-30-25)22-8-6-20(5)7-9-22/h6-14,18-19H,15-17H2,1-5H3. The number of amides is 1. The van der Waals surface area contributed by atoms with E-state index in [9.17, 15) is 4.79 Å². The Hall–Kier alpha value is -3.08. The highest BCUT2D eigenvalue weighted by molar-refractivity contribution is 5.90. The summed E-state index contributed by atoms with van der Waals surface area (Å²) in [4.78, 5) is 19.3. The first-order valence-electron chi connectivity index (χ1n) is 10.8. The molecule has 1 aliphatic rings. The first-order chi connectivity index (χ1) is 14.8. The van der Waals surface area contributed by atoms with Crippen LogP contribution >= 0.6 is 0 Å². The molecule has 0 atom stereocenters. The van der Waals surface area contributed by atoms with Gasteiger partial charge < -0.3 is 14.4 Å². The third-order valence-corrected chi connectivity index (χ3v) is 5.28. The van der Waals surface area contributed by atoms with Crippen LogP contribution < -0.4 is 4.74 Å². The molecule has 1 amide bonds. The van der Waals surface area contributed by atoms with E-state index in [4.69, 9.17) is 9.47 Å². The molecule has 0 spiro atoms. The SMILES string of the molecule is Cc1ccc(C2=CCOC(CN(C(=O)COc3ccc(C(C)C)cc3)C(C)C)=N2)cc1. The molecule has 31 heavy (non-hydrogen) atoms. The highest BCUT2D eigenvalue weighted by Gasteiger charge is 2.22. The molecule has 0 saturated heterocycles. The molecule has 0 aromatic heterocycles. The maximum atomic E-state index is 12.9. The van der Waals surface area contributed by atoms with E-state index in [-0.39, 0.29) is 18.6 Å². The fourth-order valence-electron chi connectivity index (χ4n) is 3.30. The number of rotatable bonds is 8. The van der Waals surface area contributed by atoms with E-state index < -0.39 is 0 Å². The van der Waals surface area contributed by atoms with E-state index in [1.165, 1.54) is 11.1 Å². The Morgan fingerprint density at radius 1 is 1.06 bits per heavy atom. The lowest BCUT2D eigenvalue weighted by molar-refractivity contribution is -0.134. The summed E-state index contributed by atoms with van der Waals surface area (Å²) in [5.74, 6) is 1.60. The van der Waals surface area contributed by atoms with E-state index in [0.29, 0.717) is 30.7 Å². The Morgan fingerprint density at radius 3 is 2.35 bits per heavy atom. The average molecular weight is 421 g/mol. The van der Waals surface area contributed by atoms with Gasteiger partial charge in [-0.15, -0.1) is 0 Å². The van der Waals surface area contributed by atoms with Gasteiger partial charge in [0.2, 0.25) is 5.90 Å². The van der Waals surface area contributed by atoms with Crippen molar-refractivity contribution in [1.29, 1.82) is 0 Å². The third kappa shape index (κ3) is 6.20. The van der Waals surface area contributed by atoms with Crippen LogP contribution in [0.1, 0.15) is 50.3 Å². The monoisotopic (exact) mass is 420 g/mol. The Balaban J connectivity index is 1.63. The number of aliphatic imine (C=N–C) groups is 1. The minimum Gasteiger partial charge on any atom is -0.484 e. The van der Waals surface area contributed by atoms with E-state index in [1.54, 1.807) is 4.90 Å². The summed E-state index contributed by atoms with van der Waals surface area (Å²) in [6.45, 7) is 11.1. The number of hydrogen-bond acceptors (Lipinski definition) is 4. The summed E-state index contributed by atoms with van der Waals surface area (Å²) >= 11 is 0. The van der Waals surface area contributed by atoms with Gasteiger partial charge in [-0.3, -0.25) is 4.79 Å². The first-order valence-corrected chi connectivity index (χ1v) is 10.8. The zero-order valence-electron chi connectivity index (χ0n) is 19.1. The van der Waals surface area contributed by atoms with Gasteiger partial charge in [-0.05, 0) is 50.5 Å². The topological polar surface area (TPSA) is 51.1 Å². The van der Waals surface area contributed by atoms with Crippen LogP contribution in [0, 0.1) is 6.92 Å². The number of hydrogen-bond donors (Lipinski definition) is 0. The zero-order chi connectivity index (χ0) is 22.4. The van der Waals surface area contributed by atoms with Crippen molar-refractivity contribution in [3.63, 3.8) is 0 Å². The molecule has 0 radical (unpaired) electrons. The zero-order valence-corrected chi connectivity index (χ0v) is 19.1. The lowest BCUT2D eigenvalue weighted by Crippen LogP contribution is -2.44. The number of carbonyl (C=O) groups is 1. The fraction of sp³-hybridized carbons (Fsp3) is 0.385. The molecule has 164 valence electrons. The van der Waals surface area contributed by atoms with Crippen LogP contribution in [0.5, 0.6) is 5.75 Å². The highest BCUT2D eigenvalue weighted by Crippen LogP contribution is 2.21. The van der Waals surface area contributed by atoms with Gasteiger partial charge in [0.1, 0.15) is 12.4 Å². The molecule has 0 unspecified atom stereocenters. The second-order valence-electron chi connectivity index (χ2n) is 8.40. The summed E-state index contributed by atoms with van der Waals surface area (Å²) in [6, 6.07) is 16.1. The van der Waals surface area contributed by atoms with Gasteiger partial charge in [0.15, 0.2) is 6.61 Å². The predicted molar refractivity (Wildman–Crippen MR) is 125 cm³/mol. The van der Waals surface area contributed by atoms with Gasteiger partial charge in [0.05, 0.1) is 12.2 Å². The minimum atomic E-state index is -0.0966. The largest absolute Gasteiger partial charge is 0.484 e. The Labute approximate surface area is 185 Å². The Bertz CT molecular complexity index is 942. The van der Waals surface area contributed by atoms with Crippen molar-refractivity contribution in [2.24, 2.45) is 4.99 Å². The third-order valence-electron chi connectivity index (χ3n) is 5.28. The van der Waals surface area contributed by atoms with Gasteiger partial charge in [-0.1, -0.05) is 55.8 Å². The highest BCUT2D eigenvalue weighted by atomic mass is 16.5. The normalized spacial score (nSPS) is 13.5.